The summed E-state index contributed by atoms with van der Waals surface area (Å²) in [5.41, 5.74) is 0.349. The van der Waals surface area contributed by atoms with Gasteiger partial charge in [-0.2, -0.15) is 0 Å². The van der Waals surface area contributed by atoms with E-state index in [0.29, 0.717) is 11.3 Å². The predicted molar refractivity (Wildman–Crippen MR) is 53.1 cm³/mol. The van der Waals surface area contributed by atoms with Gasteiger partial charge in [-0.1, -0.05) is 39.8 Å². The van der Waals surface area contributed by atoms with E-state index in [2.05, 4.69) is 39.8 Å². The molecule has 2 atom stereocenters. The van der Waals surface area contributed by atoms with Crippen molar-refractivity contribution in [2.45, 2.75) is 40.0 Å². The van der Waals surface area contributed by atoms with E-state index in [9.17, 15) is 0 Å². The van der Waals surface area contributed by atoms with Crippen molar-refractivity contribution >= 4 is 11.6 Å². The minimum absolute atomic E-state index is 0.153. The van der Waals surface area contributed by atoms with Crippen molar-refractivity contribution in [3.8, 4) is 0 Å². The summed E-state index contributed by atoms with van der Waals surface area (Å²) in [4.78, 5) is 0. The molecule has 0 spiro atoms. The van der Waals surface area contributed by atoms with Gasteiger partial charge in [-0.05, 0) is 18.3 Å². The van der Waals surface area contributed by atoms with Crippen molar-refractivity contribution in [1.82, 2.24) is 0 Å². The Morgan fingerprint density at radius 3 is 1.82 bits per heavy atom. The Labute approximate surface area is 75.6 Å². The minimum Gasteiger partial charge on any atom is -0.119 e. The van der Waals surface area contributed by atoms with Crippen LogP contribution in [0, 0.1) is 11.3 Å². The first kappa shape index (κ1) is 11.0. The van der Waals surface area contributed by atoms with Crippen molar-refractivity contribution in [3.05, 3.63) is 12.2 Å². The molecular weight excluding hydrogens is 156 g/mol. The van der Waals surface area contributed by atoms with Crippen LogP contribution >= 0.6 is 11.6 Å². The van der Waals surface area contributed by atoms with Gasteiger partial charge in [0.15, 0.2) is 0 Å². The molecule has 2 unspecified atom stereocenters. The lowest BCUT2D eigenvalue weighted by Gasteiger charge is -2.24. The van der Waals surface area contributed by atoms with Gasteiger partial charge in [0, 0.05) is 5.38 Å². The van der Waals surface area contributed by atoms with Gasteiger partial charge in [-0.15, -0.1) is 11.6 Å². The lowest BCUT2D eigenvalue weighted by atomic mass is 9.82. The molecule has 0 N–H and O–H groups in total. The van der Waals surface area contributed by atoms with E-state index in [1.165, 1.54) is 0 Å². The van der Waals surface area contributed by atoms with Gasteiger partial charge in [0.2, 0.25) is 0 Å². The molecule has 0 fully saturated rings. The van der Waals surface area contributed by atoms with Crippen LogP contribution in [0.5, 0.6) is 0 Å². The second kappa shape index (κ2) is 4.15. The first-order chi connectivity index (χ1) is 4.84. The molecule has 0 radical (unpaired) electrons. The number of rotatable bonds is 2. The number of halogens is 1. The van der Waals surface area contributed by atoms with E-state index in [1.807, 2.05) is 6.92 Å². The number of allylic oxidation sites excluding steroid dienone is 2. The van der Waals surface area contributed by atoms with Crippen LogP contribution in [0.3, 0.4) is 0 Å². The van der Waals surface area contributed by atoms with Crippen LogP contribution in [0.4, 0.5) is 0 Å². The molecule has 0 aliphatic rings. The molecular formula is C10H19Cl. The SMILES string of the molecule is CC(Cl)/C=C/C(C)C(C)(C)C. The summed E-state index contributed by atoms with van der Waals surface area (Å²) in [5, 5.41) is 0.153. The summed E-state index contributed by atoms with van der Waals surface area (Å²) in [6.07, 6.45) is 4.25. The highest BCUT2D eigenvalue weighted by Crippen LogP contribution is 2.26. The molecule has 0 aliphatic carbocycles. The third kappa shape index (κ3) is 5.32. The van der Waals surface area contributed by atoms with Crippen LogP contribution in [0.25, 0.3) is 0 Å². The quantitative estimate of drug-likeness (QED) is 0.441. The summed E-state index contributed by atoms with van der Waals surface area (Å²) in [6, 6.07) is 0. The minimum atomic E-state index is 0.153. The Kier molecular flexibility index (Phi) is 4.17. The van der Waals surface area contributed by atoms with Crippen LogP contribution in [-0.4, -0.2) is 5.38 Å². The van der Waals surface area contributed by atoms with E-state index < -0.39 is 0 Å². The van der Waals surface area contributed by atoms with Crippen LogP contribution < -0.4 is 0 Å². The van der Waals surface area contributed by atoms with E-state index in [-0.39, 0.29) is 5.38 Å². The Hall–Kier alpha value is 0.0300. The summed E-state index contributed by atoms with van der Waals surface area (Å²) >= 11 is 5.79. The van der Waals surface area contributed by atoms with Gasteiger partial charge in [0.25, 0.3) is 0 Å². The first-order valence-corrected chi connectivity index (χ1v) is 4.60. The Balaban J connectivity index is 3.97. The Bertz CT molecular complexity index is 128. The molecule has 0 aliphatic heterocycles. The molecule has 0 amide bonds. The molecule has 0 saturated carbocycles. The number of hydrogen-bond acceptors (Lipinski definition) is 0. The standard InChI is InChI=1S/C10H19Cl/c1-8(10(3,4)5)6-7-9(2)11/h6-9H,1-5H3/b7-6+. The molecule has 0 nitrogen and oxygen atoms in total. The summed E-state index contributed by atoms with van der Waals surface area (Å²) in [7, 11) is 0. The van der Waals surface area contributed by atoms with Gasteiger partial charge < -0.3 is 0 Å². The van der Waals surface area contributed by atoms with E-state index in [4.69, 9.17) is 11.6 Å². The highest BCUT2D eigenvalue weighted by molar-refractivity contribution is 6.21. The molecule has 0 aromatic rings. The molecule has 0 rings (SSSR count). The fourth-order valence-electron chi connectivity index (χ4n) is 0.608. The number of alkyl halides is 1. The lowest BCUT2D eigenvalue weighted by Crippen LogP contribution is -2.14. The Morgan fingerprint density at radius 1 is 1.09 bits per heavy atom. The predicted octanol–water partition coefficient (Wildman–Crippen LogP) is 3.85. The smallest absolute Gasteiger partial charge is 0.0487 e. The van der Waals surface area contributed by atoms with E-state index >= 15 is 0 Å². The molecule has 0 aromatic heterocycles. The third-order valence-electron chi connectivity index (χ3n) is 2.03. The van der Waals surface area contributed by atoms with Crippen LogP contribution in [-0.2, 0) is 0 Å². The monoisotopic (exact) mass is 174 g/mol. The molecule has 0 heterocycles. The van der Waals surface area contributed by atoms with Crippen molar-refractivity contribution < 1.29 is 0 Å². The topological polar surface area (TPSA) is 0 Å². The van der Waals surface area contributed by atoms with Crippen molar-refractivity contribution in [3.63, 3.8) is 0 Å². The second-order valence-corrected chi connectivity index (χ2v) is 4.91. The fraction of sp³-hybridized carbons (Fsp3) is 0.800. The average Bonchev–Trinajstić information content (AvgIpc) is 1.80. The van der Waals surface area contributed by atoms with Crippen LogP contribution in [0.15, 0.2) is 12.2 Å². The molecule has 1 heteroatoms. The highest BCUT2D eigenvalue weighted by atomic mass is 35.5. The Morgan fingerprint density at radius 2 is 1.55 bits per heavy atom. The largest absolute Gasteiger partial charge is 0.119 e. The summed E-state index contributed by atoms with van der Waals surface area (Å²) in [5.74, 6) is 0.587. The maximum atomic E-state index is 5.79. The van der Waals surface area contributed by atoms with Gasteiger partial charge >= 0.3 is 0 Å². The normalized spacial score (nSPS) is 18.7. The van der Waals surface area contributed by atoms with E-state index in [0.717, 1.165) is 0 Å². The highest BCUT2D eigenvalue weighted by Gasteiger charge is 2.16. The molecule has 11 heavy (non-hydrogen) atoms. The summed E-state index contributed by atoms with van der Waals surface area (Å²) < 4.78 is 0. The van der Waals surface area contributed by atoms with E-state index in [1.54, 1.807) is 0 Å². The average molecular weight is 175 g/mol. The molecule has 0 saturated heterocycles. The van der Waals surface area contributed by atoms with Gasteiger partial charge in [-0.25, -0.2) is 0 Å². The first-order valence-electron chi connectivity index (χ1n) is 4.16. The van der Waals surface area contributed by atoms with Crippen LogP contribution in [0.2, 0.25) is 0 Å². The maximum Gasteiger partial charge on any atom is 0.0487 e. The van der Waals surface area contributed by atoms with Crippen LogP contribution in [0.1, 0.15) is 34.6 Å². The zero-order chi connectivity index (χ0) is 9.07. The third-order valence-corrected chi connectivity index (χ3v) is 2.18. The fourth-order valence-corrected chi connectivity index (χ4v) is 0.692. The van der Waals surface area contributed by atoms with Crippen molar-refractivity contribution in [2.24, 2.45) is 11.3 Å². The zero-order valence-corrected chi connectivity index (χ0v) is 8.94. The second-order valence-electron chi connectivity index (χ2n) is 4.22. The van der Waals surface area contributed by atoms with Crippen molar-refractivity contribution in [1.29, 1.82) is 0 Å². The molecule has 0 bridgehead atoms. The maximum absolute atomic E-state index is 5.79. The van der Waals surface area contributed by atoms with Gasteiger partial charge in [0.05, 0.1) is 0 Å². The number of hydrogen-bond donors (Lipinski definition) is 0. The van der Waals surface area contributed by atoms with Gasteiger partial charge in [0.1, 0.15) is 0 Å². The molecule has 0 aromatic carbocycles. The molecule has 66 valence electrons. The lowest BCUT2D eigenvalue weighted by molar-refractivity contribution is 0.314. The van der Waals surface area contributed by atoms with Gasteiger partial charge in [-0.3, -0.25) is 0 Å². The zero-order valence-electron chi connectivity index (χ0n) is 8.19. The summed E-state index contributed by atoms with van der Waals surface area (Å²) in [6.45, 7) is 10.9. The van der Waals surface area contributed by atoms with Crippen molar-refractivity contribution in [2.75, 3.05) is 0 Å².